The van der Waals surface area contributed by atoms with Gasteiger partial charge in [0.1, 0.15) is 11.6 Å². The van der Waals surface area contributed by atoms with E-state index in [1.807, 2.05) is 39.0 Å². The summed E-state index contributed by atoms with van der Waals surface area (Å²) in [4.78, 5) is 9.20. The molecular weight excluding hydrogens is 328 g/mol. The van der Waals surface area contributed by atoms with Gasteiger partial charge in [-0.2, -0.15) is 4.98 Å². The Morgan fingerprint density at radius 2 is 1.96 bits per heavy atom. The Kier molecular flexibility index (Phi) is 7.21. The number of aliphatic hydroxyl groups excluding tert-OH is 1. The molecule has 0 saturated carbocycles. The zero-order chi connectivity index (χ0) is 19.1. The summed E-state index contributed by atoms with van der Waals surface area (Å²) >= 11 is 0. The van der Waals surface area contributed by atoms with E-state index in [1.165, 1.54) is 0 Å². The molecule has 0 bridgehead atoms. The van der Waals surface area contributed by atoms with E-state index in [-0.39, 0.29) is 6.61 Å². The molecule has 2 aromatic rings. The van der Waals surface area contributed by atoms with Crippen molar-refractivity contribution in [1.82, 2.24) is 9.97 Å². The van der Waals surface area contributed by atoms with Gasteiger partial charge in [-0.25, -0.2) is 4.98 Å². The summed E-state index contributed by atoms with van der Waals surface area (Å²) in [5.41, 5.74) is 3.89. The largest absolute Gasteiger partial charge is 0.495 e. The molecule has 0 aliphatic carbocycles. The lowest BCUT2D eigenvalue weighted by molar-refractivity contribution is 0.217. The van der Waals surface area contributed by atoms with Crippen LogP contribution in [0.4, 0.5) is 17.5 Å². The molecule has 2 rings (SSSR count). The third kappa shape index (κ3) is 4.85. The highest BCUT2D eigenvalue weighted by Gasteiger charge is 2.12. The smallest absolute Gasteiger partial charge is 0.229 e. The molecule has 3 N–H and O–H groups in total. The van der Waals surface area contributed by atoms with Crippen LogP contribution < -0.4 is 15.4 Å². The first-order valence-corrected chi connectivity index (χ1v) is 9.10. The fourth-order valence-electron chi connectivity index (χ4n) is 2.76. The van der Waals surface area contributed by atoms with Gasteiger partial charge >= 0.3 is 0 Å². The Bertz CT molecular complexity index is 730. The SMILES string of the molecule is CC[C@H](CO)CCNc1nc(Nc2c(C)cccc2OC)nc(C)c1C. The van der Waals surface area contributed by atoms with Crippen LogP contribution in [0.25, 0.3) is 0 Å². The summed E-state index contributed by atoms with van der Waals surface area (Å²) < 4.78 is 5.44. The van der Waals surface area contributed by atoms with Crippen LogP contribution in [0.5, 0.6) is 5.75 Å². The van der Waals surface area contributed by atoms with E-state index >= 15 is 0 Å². The Hall–Kier alpha value is -2.34. The van der Waals surface area contributed by atoms with Crippen molar-refractivity contribution in [3.05, 3.63) is 35.0 Å². The number of aromatic nitrogens is 2. The molecule has 0 aliphatic rings. The maximum atomic E-state index is 9.33. The minimum absolute atomic E-state index is 0.222. The predicted octanol–water partition coefficient (Wildman–Crippen LogP) is 3.97. The summed E-state index contributed by atoms with van der Waals surface area (Å²) in [6.45, 7) is 9.09. The van der Waals surface area contributed by atoms with Gasteiger partial charge < -0.3 is 20.5 Å². The molecule has 0 aliphatic heterocycles. The van der Waals surface area contributed by atoms with Crippen molar-refractivity contribution in [2.75, 3.05) is 30.9 Å². The fraction of sp³-hybridized carbons (Fsp3) is 0.500. The molecular formula is C20H30N4O2. The highest BCUT2D eigenvalue weighted by Crippen LogP contribution is 2.30. The van der Waals surface area contributed by atoms with Gasteiger partial charge in [-0.05, 0) is 44.7 Å². The summed E-state index contributed by atoms with van der Waals surface area (Å²) in [7, 11) is 1.65. The van der Waals surface area contributed by atoms with E-state index in [0.29, 0.717) is 11.9 Å². The van der Waals surface area contributed by atoms with Gasteiger partial charge in [-0.1, -0.05) is 25.5 Å². The van der Waals surface area contributed by atoms with Crippen molar-refractivity contribution >= 4 is 17.5 Å². The summed E-state index contributed by atoms with van der Waals surface area (Å²) in [6.07, 6.45) is 1.88. The number of anilines is 3. The van der Waals surface area contributed by atoms with Gasteiger partial charge in [0.15, 0.2) is 0 Å². The topological polar surface area (TPSA) is 79.3 Å². The number of ether oxygens (including phenoxy) is 1. The second kappa shape index (κ2) is 9.38. The lowest BCUT2D eigenvalue weighted by Gasteiger charge is -2.17. The van der Waals surface area contributed by atoms with Crippen LogP contribution in [0.15, 0.2) is 18.2 Å². The zero-order valence-electron chi connectivity index (χ0n) is 16.4. The highest BCUT2D eigenvalue weighted by molar-refractivity contribution is 5.67. The molecule has 0 fully saturated rings. The molecule has 1 aromatic carbocycles. The monoisotopic (exact) mass is 358 g/mol. The number of nitrogens with one attached hydrogen (secondary N) is 2. The van der Waals surface area contributed by atoms with Crippen molar-refractivity contribution in [3.63, 3.8) is 0 Å². The number of aryl methyl sites for hydroxylation is 2. The molecule has 0 unspecified atom stereocenters. The number of nitrogens with zero attached hydrogens (tertiary/aromatic N) is 2. The Morgan fingerprint density at radius 3 is 2.62 bits per heavy atom. The van der Waals surface area contributed by atoms with Crippen LogP contribution >= 0.6 is 0 Å². The summed E-state index contributed by atoms with van der Waals surface area (Å²) in [5, 5.41) is 16.0. The van der Waals surface area contributed by atoms with Gasteiger partial charge in [0, 0.05) is 24.4 Å². The predicted molar refractivity (Wildman–Crippen MR) is 106 cm³/mol. The average Bonchev–Trinajstić information content (AvgIpc) is 2.64. The number of benzene rings is 1. The Balaban J connectivity index is 2.20. The first-order chi connectivity index (χ1) is 12.5. The number of rotatable bonds is 9. The first kappa shape index (κ1) is 20.0. The first-order valence-electron chi connectivity index (χ1n) is 9.10. The normalized spacial score (nSPS) is 11.9. The van der Waals surface area contributed by atoms with Crippen molar-refractivity contribution in [1.29, 1.82) is 0 Å². The lowest BCUT2D eigenvalue weighted by atomic mass is 10.0. The average molecular weight is 358 g/mol. The van der Waals surface area contributed by atoms with Crippen LogP contribution in [-0.2, 0) is 0 Å². The minimum atomic E-state index is 0.222. The molecule has 26 heavy (non-hydrogen) atoms. The van der Waals surface area contributed by atoms with Crippen LogP contribution in [-0.4, -0.2) is 35.3 Å². The molecule has 6 heteroatoms. The van der Waals surface area contributed by atoms with Gasteiger partial charge in [-0.15, -0.1) is 0 Å². The Labute approximate surface area is 156 Å². The van der Waals surface area contributed by atoms with Crippen molar-refractivity contribution < 1.29 is 9.84 Å². The molecule has 6 nitrogen and oxygen atoms in total. The molecule has 0 amide bonds. The van der Waals surface area contributed by atoms with Gasteiger partial charge in [0.2, 0.25) is 5.95 Å². The zero-order valence-corrected chi connectivity index (χ0v) is 16.4. The summed E-state index contributed by atoms with van der Waals surface area (Å²) in [5.74, 6) is 2.44. The van der Waals surface area contributed by atoms with Gasteiger partial charge in [0.05, 0.1) is 12.8 Å². The van der Waals surface area contributed by atoms with E-state index < -0.39 is 0 Å². The second-order valence-electron chi connectivity index (χ2n) is 6.56. The quantitative estimate of drug-likeness (QED) is 0.629. The fourth-order valence-corrected chi connectivity index (χ4v) is 2.76. The van der Waals surface area contributed by atoms with E-state index in [0.717, 1.165) is 53.5 Å². The minimum Gasteiger partial charge on any atom is -0.495 e. The van der Waals surface area contributed by atoms with Crippen molar-refractivity contribution in [2.24, 2.45) is 5.92 Å². The summed E-state index contributed by atoms with van der Waals surface area (Å²) in [6, 6.07) is 5.89. The number of hydrogen-bond acceptors (Lipinski definition) is 6. The second-order valence-corrected chi connectivity index (χ2v) is 6.56. The van der Waals surface area contributed by atoms with Gasteiger partial charge in [0.25, 0.3) is 0 Å². The van der Waals surface area contributed by atoms with Gasteiger partial charge in [-0.3, -0.25) is 0 Å². The molecule has 1 atom stereocenters. The van der Waals surface area contributed by atoms with E-state index in [2.05, 4.69) is 27.5 Å². The molecule has 1 heterocycles. The highest BCUT2D eigenvalue weighted by atomic mass is 16.5. The maximum absolute atomic E-state index is 9.33. The van der Waals surface area contributed by atoms with Crippen molar-refractivity contribution in [3.8, 4) is 5.75 Å². The molecule has 0 saturated heterocycles. The lowest BCUT2D eigenvalue weighted by Crippen LogP contribution is -2.14. The van der Waals surface area contributed by atoms with Crippen LogP contribution in [0, 0.1) is 26.7 Å². The number of methoxy groups -OCH3 is 1. The third-order valence-corrected chi connectivity index (χ3v) is 4.76. The number of para-hydroxylation sites is 1. The standard InChI is InChI=1S/C20H30N4O2/c1-6-16(12-25)10-11-21-19-14(3)15(4)22-20(24-19)23-18-13(2)8-7-9-17(18)26-5/h7-9,16,25H,6,10-12H2,1-5H3,(H2,21,22,23,24)/t16-/m0/s1. The van der Waals surface area contributed by atoms with Crippen LogP contribution in [0.2, 0.25) is 0 Å². The molecule has 1 aromatic heterocycles. The molecule has 0 radical (unpaired) electrons. The van der Waals surface area contributed by atoms with Crippen LogP contribution in [0.1, 0.15) is 36.6 Å². The van der Waals surface area contributed by atoms with E-state index in [1.54, 1.807) is 7.11 Å². The molecule has 142 valence electrons. The van der Waals surface area contributed by atoms with E-state index in [4.69, 9.17) is 4.74 Å². The molecule has 0 spiro atoms. The maximum Gasteiger partial charge on any atom is 0.229 e. The number of aliphatic hydroxyl groups is 1. The Morgan fingerprint density at radius 1 is 1.19 bits per heavy atom. The number of hydrogen-bond donors (Lipinski definition) is 3. The van der Waals surface area contributed by atoms with E-state index in [9.17, 15) is 5.11 Å². The third-order valence-electron chi connectivity index (χ3n) is 4.76. The van der Waals surface area contributed by atoms with Crippen LogP contribution in [0.3, 0.4) is 0 Å². The van der Waals surface area contributed by atoms with Crippen molar-refractivity contribution in [2.45, 2.75) is 40.5 Å².